The Morgan fingerprint density at radius 1 is 1.05 bits per heavy atom. The largest absolute Gasteiger partial charge is 0.309 e. The van der Waals surface area contributed by atoms with Crippen molar-refractivity contribution >= 4 is 21.6 Å². The molecule has 2 heterocycles. The number of rotatable bonds is 3. The number of aryl methyl sites for hydroxylation is 3. The maximum absolute atomic E-state index is 4.58. The fourth-order valence-corrected chi connectivity index (χ4v) is 3.60. The van der Waals surface area contributed by atoms with Crippen molar-refractivity contribution in [3.63, 3.8) is 0 Å². The van der Waals surface area contributed by atoms with E-state index in [1.54, 1.807) is 11.3 Å². The molecule has 0 aliphatic rings. The summed E-state index contributed by atoms with van der Waals surface area (Å²) in [6.07, 6.45) is 1.99. The molecule has 0 amide bonds. The highest BCUT2D eigenvalue weighted by Gasteiger charge is 2.16. The topological polar surface area (TPSA) is 24.9 Å². The van der Waals surface area contributed by atoms with Gasteiger partial charge in [-0.05, 0) is 73.1 Å². The van der Waals surface area contributed by atoms with Gasteiger partial charge in [0.1, 0.15) is 0 Å². The van der Waals surface area contributed by atoms with E-state index >= 15 is 0 Å². The molecule has 1 unspecified atom stereocenters. The van der Waals surface area contributed by atoms with Crippen molar-refractivity contribution in [1.29, 1.82) is 0 Å². The molecule has 0 fully saturated rings. The Bertz CT molecular complexity index is 789. The van der Waals surface area contributed by atoms with Crippen molar-refractivity contribution in [2.45, 2.75) is 26.8 Å². The molecule has 21 heavy (non-hydrogen) atoms. The molecule has 3 aromatic rings. The van der Waals surface area contributed by atoms with Gasteiger partial charge in [-0.25, -0.2) is 0 Å². The predicted octanol–water partition coefficient (Wildman–Crippen LogP) is 4.53. The van der Waals surface area contributed by atoms with Gasteiger partial charge in [0.05, 0.1) is 16.3 Å². The Hall–Kier alpha value is -1.71. The molecule has 3 rings (SSSR count). The lowest BCUT2D eigenvalue weighted by molar-refractivity contribution is 0.685. The summed E-state index contributed by atoms with van der Waals surface area (Å²) in [5, 5.41) is 5.54. The van der Waals surface area contributed by atoms with E-state index in [2.05, 4.69) is 60.7 Å². The number of nitrogens with one attached hydrogen (secondary N) is 1. The first-order valence-corrected chi connectivity index (χ1v) is 8.06. The first kappa shape index (κ1) is 14.2. The minimum atomic E-state index is 0.184. The fourth-order valence-electron chi connectivity index (χ4n) is 2.82. The molecule has 0 spiro atoms. The minimum Gasteiger partial charge on any atom is -0.309 e. The van der Waals surface area contributed by atoms with E-state index in [0.717, 1.165) is 5.52 Å². The molecule has 0 radical (unpaired) electrons. The molecule has 0 bridgehead atoms. The number of thiophene rings is 1. The summed E-state index contributed by atoms with van der Waals surface area (Å²) in [6, 6.07) is 9.07. The molecule has 3 heteroatoms. The van der Waals surface area contributed by atoms with Crippen LogP contribution < -0.4 is 5.32 Å². The Kier molecular flexibility index (Phi) is 3.79. The van der Waals surface area contributed by atoms with Gasteiger partial charge in [0, 0.05) is 6.20 Å². The molecule has 108 valence electrons. The fraction of sp³-hybridized carbons (Fsp3) is 0.278. The van der Waals surface area contributed by atoms with Crippen molar-refractivity contribution in [2.75, 3.05) is 7.05 Å². The van der Waals surface area contributed by atoms with Crippen molar-refractivity contribution in [3.8, 4) is 0 Å². The number of aromatic nitrogens is 1. The standard InChI is InChI=1S/C18H20N2S/c1-11-7-13(3)15(8-12(11)2)18(19-4)14-9-17-16(20-10-14)5-6-21-17/h5-10,18-19H,1-4H3. The third-order valence-corrected chi connectivity index (χ3v) is 4.99. The highest BCUT2D eigenvalue weighted by atomic mass is 32.1. The normalized spacial score (nSPS) is 12.8. The highest BCUT2D eigenvalue weighted by Crippen LogP contribution is 2.29. The molecule has 0 saturated carbocycles. The maximum atomic E-state index is 4.58. The quantitative estimate of drug-likeness (QED) is 0.768. The smallest absolute Gasteiger partial charge is 0.0809 e. The summed E-state index contributed by atoms with van der Waals surface area (Å²) in [6.45, 7) is 6.52. The molecule has 2 aromatic heterocycles. The summed E-state index contributed by atoms with van der Waals surface area (Å²) >= 11 is 1.74. The zero-order valence-corrected chi connectivity index (χ0v) is 13.7. The Morgan fingerprint density at radius 2 is 1.81 bits per heavy atom. The lowest BCUT2D eigenvalue weighted by Crippen LogP contribution is -2.19. The summed E-state index contributed by atoms with van der Waals surface area (Å²) < 4.78 is 1.24. The van der Waals surface area contributed by atoms with E-state index in [9.17, 15) is 0 Å². The summed E-state index contributed by atoms with van der Waals surface area (Å²) in [4.78, 5) is 4.58. The zero-order valence-electron chi connectivity index (χ0n) is 12.9. The SMILES string of the molecule is CNC(c1cnc2ccsc2c1)c1cc(C)c(C)cc1C. The lowest BCUT2D eigenvalue weighted by Gasteiger charge is -2.20. The monoisotopic (exact) mass is 296 g/mol. The van der Waals surface area contributed by atoms with Crippen molar-refractivity contribution in [1.82, 2.24) is 10.3 Å². The summed E-state index contributed by atoms with van der Waals surface area (Å²) in [7, 11) is 2.01. The van der Waals surface area contributed by atoms with Gasteiger partial charge in [0.15, 0.2) is 0 Å². The predicted molar refractivity (Wildman–Crippen MR) is 91.2 cm³/mol. The van der Waals surface area contributed by atoms with Crippen LogP contribution in [0.3, 0.4) is 0 Å². The molecular formula is C18H20N2S. The van der Waals surface area contributed by atoms with Crippen LogP contribution in [0.5, 0.6) is 0 Å². The number of fused-ring (bicyclic) bond motifs is 1. The lowest BCUT2D eigenvalue weighted by atomic mass is 9.92. The van der Waals surface area contributed by atoms with Gasteiger partial charge in [-0.2, -0.15) is 0 Å². The van der Waals surface area contributed by atoms with Gasteiger partial charge < -0.3 is 5.32 Å². The second-order valence-corrected chi connectivity index (χ2v) is 6.54. The summed E-state index contributed by atoms with van der Waals surface area (Å²) in [5.74, 6) is 0. The minimum absolute atomic E-state index is 0.184. The van der Waals surface area contributed by atoms with Gasteiger partial charge >= 0.3 is 0 Å². The second kappa shape index (κ2) is 5.58. The number of hydrogen-bond acceptors (Lipinski definition) is 3. The van der Waals surface area contributed by atoms with Crippen molar-refractivity contribution in [2.24, 2.45) is 0 Å². The molecule has 1 N–H and O–H groups in total. The average molecular weight is 296 g/mol. The Balaban J connectivity index is 2.11. The zero-order chi connectivity index (χ0) is 15.0. The van der Waals surface area contributed by atoms with Gasteiger partial charge in [-0.3, -0.25) is 4.98 Å². The maximum Gasteiger partial charge on any atom is 0.0809 e. The molecule has 2 nitrogen and oxygen atoms in total. The van der Waals surface area contributed by atoms with Gasteiger partial charge in [-0.1, -0.05) is 12.1 Å². The number of nitrogens with zero attached hydrogens (tertiary/aromatic N) is 1. The van der Waals surface area contributed by atoms with Gasteiger partial charge in [0.2, 0.25) is 0 Å². The molecular weight excluding hydrogens is 276 g/mol. The van der Waals surface area contributed by atoms with Crippen LogP contribution in [-0.4, -0.2) is 12.0 Å². The third-order valence-electron chi connectivity index (χ3n) is 4.14. The van der Waals surface area contributed by atoms with E-state index in [-0.39, 0.29) is 6.04 Å². The molecule has 0 aliphatic carbocycles. The van der Waals surface area contributed by atoms with Gasteiger partial charge in [0.25, 0.3) is 0 Å². The van der Waals surface area contributed by atoms with Crippen LogP contribution in [0.4, 0.5) is 0 Å². The molecule has 0 aliphatic heterocycles. The van der Waals surface area contributed by atoms with Crippen molar-refractivity contribution < 1.29 is 0 Å². The van der Waals surface area contributed by atoms with E-state index in [0.29, 0.717) is 0 Å². The third kappa shape index (κ3) is 2.59. The molecule has 1 aromatic carbocycles. The van der Waals surface area contributed by atoms with Gasteiger partial charge in [-0.15, -0.1) is 11.3 Å². The van der Waals surface area contributed by atoms with Crippen LogP contribution in [0.25, 0.3) is 10.2 Å². The van der Waals surface area contributed by atoms with Crippen LogP contribution in [0, 0.1) is 20.8 Å². The Labute approximate surface area is 129 Å². The first-order valence-electron chi connectivity index (χ1n) is 7.18. The van der Waals surface area contributed by atoms with Crippen LogP contribution >= 0.6 is 11.3 Å². The van der Waals surface area contributed by atoms with Crippen molar-refractivity contribution in [3.05, 3.63) is 63.7 Å². The number of pyridine rings is 1. The first-order chi connectivity index (χ1) is 10.1. The van der Waals surface area contributed by atoms with E-state index in [1.807, 2.05) is 13.2 Å². The molecule has 1 atom stereocenters. The Morgan fingerprint density at radius 3 is 2.57 bits per heavy atom. The van der Waals surface area contributed by atoms with Crippen LogP contribution in [-0.2, 0) is 0 Å². The van der Waals surface area contributed by atoms with E-state index < -0.39 is 0 Å². The van der Waals surface area contributed by atoms with Crippen LogP contribution in [0.15, 0.2) is 35.8 Å². The van der Waals surface area contributed by atoms with E-state index in [1.165, 1.54) is 32.5 Å². The average Bonchev–Trinajstić information content (AvgIpc) is 2.92. The van der Waals surface area contributed by atoms with E-state index in [4.69, 9.17) is 0 Å². The number of benzene rings is 1. The van der Waals surface area contributed by atoms with Crippen LogP contribution in [0.1, 0.15) is 33.9 Å². The molecule has 0 saturated heterocycles. The number of hydrogen-bond donors (Lipinski definition) is 1. The highest BCUT2D eigenvalue weighted by molar-refractivity contribution is 7.17. The van der Waals surface area contributed by atoms with Crippen LogP contribution in [0.2, 0.25) is 0 Å². The second-order valence-electron chi connectivity index (χ2n) is 5.59. The summed E-state index contributed by atoms with van der Waals surface area (Å²) in [5.41, 5.74) is 7.63.